The highest BCUT2D eigenvalue weighted by atomic mass is 14.3. The molecule has 0 aromatic heterocycles. The average molecular weight is 282 g/mol. The van der Waals surface area contributed by atoms with Crippen molar-refractivity contribution in [3.05, 3.63) is 66.3 Å². The standard InChI is InChI=1S/C21H30/c1-7-11-13-17(5)20-18(9-3)14-12-15-19(20)21(6,10-4)16-8-2/h8,10,12,14-16H,4-5,7,9,11,13H2,1-3,6H3/b16-8+. The second-order valence-electron chi connectivity index (χ2n) is 5.89. The highest BCUT2D eigenvalue weighted by Crippen LogP contribution is 2.36. The minimum Gasteiger partial charge on any atom is -0.102 e. The van der Waals surface area contributed by atoms with Gasteiger partial charge in [0.05, 0.1) is 0 Å². The maximum atomic E-state index is 4.38. The van der Waals surface area contributed by atoms with Gasteiger partial charge in [-0.1, -0.05) is 63.3 Å². The van der Waals surface area contributed by atoms with Gasteiger partial charge < -0.3 is 0 Å². The van der Waals surface area contributed by atoms with Gasteiger partial charge in [-0.25, -0.2) is 0 Å². The van der Waals surface area contributed by atoms with E-state index in [1.54, 1.807) is 0 Å². The molecule has 0 amide bonds. The topological polar surface area (TPSA) is 0 Å². The van der Waals surface area contributed by atoms with Gasteiger partial charge >= 0.3 is 0 Å². The lowest BCUT2D eigenvalue weighted by Gasteiger charge is -2.28. The van der Waals surface area contributed by atoms with Gasteiger partial charge in [-0.2, -0.15) is 0 Å². The Labute approximate surface area is 131 Å². The highest BCUT2D eigenvalue weighted by molar-refractivity contribution is 5.71. The third-order valence-corrected chi connectivity index (χ3v) is 4.23. The molecule has 0 heterocycles. The lowest BCUT2D eigenvalue weighted by atomic mass is 9.76. The van der Waals surface area contributed by atoms with Gasteiger partial charge in [0.1, 0.15) is 0 Å². The molecule has 1 aromatic carbocycles. The first kappa shape index (κ1) is 17.5. The van der Waals surface area contributed by atoms with E-state index in [9.17, 15) is 0 Å². The van der Waals surface area contributed by atoms with Crippen molar-refractivity contribution < 1.29 is 0 Å². The van der Waals surface area contributed by atoms with Crippen LogP contribution in [-0.2, 0) is 11.8 Å². The van der Waals surface area contributed by atoms with Crippen LogP contribution in [0, 0.1) is 0 Å². The first-order valence-corrected chi connectivity index (χ1v) is 8.12. The Kier molecular flexibility index (Phi) is 6.68. The van der Waals surface area contributed by atoms with Crippen LogP contribution in [0.2, 0.25) is 0 Å². The molecule has 1 aromatic rings. The Morgan fingerprint density at radius 1 is 1.29 bits per heavy atom. The van der Waals surface area contributed by atoms with Crippen molar-refractivity contribution in [2.24, 2.45) is 0 Å². The maximum Gasteiger partial charge on any atom is 0.0287 e. The van der Waals surface area contributed by atoms with Gasteiger partial charge in [0, 0.05) is 5.41 Å². The Morgan fingerprint density at radius 2 is 2.00 bits per heavy atom. The molecule has 1 atom stereocenters. The van der Waals surface area contributed by atoms with E-state index in [2.05, 4.69) is 71.2 Å². The molecule has 1 unspecified atom stereocenters. The van der Waals surface area contributed by atoms with Crippen molar-refractivity contribution >= 4 is 5.57 Å². The van der Waals surface area contributed by atoms with Gasteiger partial charge in [0.25, 0.3) is 0 Å². The minimum atomic E-state index is -0.135. The Bertz CT molecular complexity index is 519. The molecule has 114 valence electrons. The average Bonchev–Trinajstić information content (AvgIpc) is 2.51. The molecule has 0 saturated carbocycles. The predicted octanol–water partition coefficient (Wildman–Crippen LogP) is 6.47. The number of hydrogen-bond donors (Lipinski definition) is 0. The molecule has 0 spiro atoms. The monoisotopic (exact) mass is 282 g/mol. The first-order chi connectivity index (χ1) is 10.0. The summed E-state index contributed by atoms with van der Waals surface area (Å²) in [6.45, 7) is 17.2. The fourth-order valence-corrected chi connectivity index (χ4v) is 2.89. The fourth-order valence-electron chi connectivity index (χ4n) is 2.89. The third kappa shape index (κ3) is 3.97. The van der Waals surface area contributed by atoms with Gasteiger partial charge in [-0.3, -0.25) is 0 Å². The molecular weight excluding hydrogens is 252 g/mol. The van der Waals surface area contributed by atoms with E-state index in [-0.39, 0.29) is 5.41 Å². The van der Waals surface area contributed by atoms with Crippen LogP contribution in [-0.4, -0.2) is 0 Å². The summed E-state index contributed by atoms with van der Waals surface area (Å²) in [7, 11) is 0. The van der Waals surface area contributed by atoms with Gasteiger partial charge in [0.15, 0.2) is 0 Å². The molecule has 0 saturated heterocycles. The molecule has 0 aliphatic rings. The summed E-state index contributed by atoms with van der Waals surface area (Å²) in [5.74, 6) is 0. The van der Waals surface area contributed by atoms with Crippen LogP contribution in [0.1, 0.15) is 63.6 Å². The van der Waals surface area contributed by atoms with E-state index in [1.807, 2.05) is 6.08 Å². The smallest absolute Gasteiger partial charge is 0.0287 e. The normalized spacial score (nSPS) is 14.1. The van der Waals surface area contributed by atoms with Crippen LogP contribution >= 0.6 is 0 Å². The van der Waals surface area contributed by atoms with Crippen molar-refractivity contribution in [1.82, 2.24) is 0 Å². The number of unbranched alkanes of at least 4 members (excludes halogenated alkanes) is 1. The molecule has 0 aliphatic carbocycles. The quantitative estimate of drug-likeness (QED) is 0.479. The molecule has 0 heteroatoms. The summed E-state index contributed by atoms with van der Waals surface area (Å²) >= 11 is 0. The lowest BCUT2D eigenvalue weighted by Crippen LogP contribution is -2.18. The molecule has 1 rings (SSSR count). The number of rotatable bonds is 8. The van der Waals surface area contributed by atoms with E-state index in [1.165, 1.54) is 35.1 Å². The van der Waals surface area contributed by atoms with Crippen molar-refractivity contribution in [3.8, 4) is 0 Å². The van der Waals surface area contributed by atoms with Crippen LogP contribution in [0.4, 0.5) is 0 Å². The number of allylic oxidation sites excluding steroid dienone is 4. The second kappa shape index (κ2) is 8.02. The molecule has 21 heavy (non-hydrogen) atoms. The Morgan fingerprint density at radius 3 is 2.52 bits per heavy atom. The van der Waals surface area contributed by atoms with Crippen molar-refractivity contribution in [1.29, 1.82) is 0 Å². The molecular formula is C21H30. The van der Waals surface area contributed by atoms with Crippen molar-refractivity contribution in [2.45, 2.75) is 58.8 Å². The van der Waals surface area contributed by atoms with E-state index in [0.717, 1.165) is 12.8 Å². The van der Waals surface area contributed by atoms with E-state index in [0.29, 0.717) is 0 Å². The van der Waals surface area contributed by atoms with Crippen molar-refractivity contribution in [3.63, 3.8) is 0 Å². The van der Waals surface area contributed by atoms with Crippen molar-refractivity contribution in [2.75, 3.05) is 0 Å². The van der Waals surface area contributed by atoms with Crippen LogP contribution in [0.3, 0.4) is 0 Å². The molecule has 0 fully saturated rings. The summed E-state index contributed by atoms with van der Waals surface area (Å²) < 4.78 is 0. The molecule has 0 nitrogen and oxygen atoms in total. The Hall–Kier alpha value is -1.56. The van der Waals surface area contributed by atoms with Crippen LogP contribution in [0.15, 0.2) is 49.6 Å². The largest absolute Gasteiger partial charge is 0.102 e. The van der Waals surface area contributed by atoms with Gasteiger partial charge in [0.2, 0.25) is 0 Å². The number of aryl methyl sites for hydroxylation is 1. The minimum absolute atomic E-state index is 0.135. The highest BCUT2D eigenvalue weighted by Gasteiger charge is 2.24. The van der Waals surface area contributed by atoms with Gasteiger partial charge in [-0.15, -0.1) is 6.58 Å². The zero-order valence-electron chi connectivity index (χ0n) is 14.2. The second-order valence-corrected chi connectivity index (χ2v) is 5.89. The van der Waals surface area contributed by atoms with E-state index in [4.69, 9.17) is 0 Å². The maximum absolute atomic E-state index is 4.38. The summed E-state index contributed by atoms with van der Waals surface area (Å²) in [5, 5.41) is 0. The third-order valence-electron chi connectivity index (χ3n) is 4.23. The number of hydrogen-bond acceptors (Lipinski definition) is 0. The zero-order valence-corrected chi connectivity index (χ0v) is 14.2. The Balaban J connectivity index is 3.44. The zero-order chi connectivity index (χ0) is 15.9. The summed E-state index contributed by atoms with van der Waals surface area (Å²) in [4.78, 5) is 0. The van der Waals surface area contributed by atoms with E-state index < -0.39 is 0 Å². The SMILES string of the molecule is C=CC(C)(/C=C/C)c1cccc(CC)c1C(=C)CCCC. The lowest BCUT2D eigenvalue weighted by molar-refractivity contribution is 0.749. The summed E-state index contributed by atoms with van der Waals surface area (Å²) in [6, 6.07) is 6.62. The van der Waals surface area contributed by atoms with Gasteiger partial charge in [-0.05, 0) is 55.4 Å². The molecule has 0 bridgehead atoms. The van der Waals surface area contributed by atoms with Crippen LogP contribution in [0.5, 0.6) is 0 Å². The molecule has 0 aliphatic heterocycles. The summed E-state index contributed by atoms with van der Waals surface area (Å²) in [6.07, 6.45) is 10.9. The van der Waals surface area contributed by atoms with Crippen LogP contribution < -0.4 is 0 Å². The summed E-state index contributed by atoms with van der Waals surface area (Å²) in [5.41, 5.74) is 5.21. The fraction of sp³-hybridized carbons (Fsp3) is 0.429. The van der Waals surface area contributed by atoms with Crippen LogP contribution in [0.25, 0.3) is 5.57 Å². The van der Waals surface area contributed by atoms with E-state index >= 15 is 0 Å². The number of benzene rings is 1. The molecule has 0 N–H and O–H groups in total. The molecule has 0 radical (unpaired) electrons. The predicted molar refractivity (Wildman–Crippen MR) is 96.7 cm³/mol. The first-order valence-electron chi connectivity index (χ1n) is 8.12.